The molecule has 2 aliphatic heterocycles. The van der Waals surface area contributed by atoms with Gasteiger partial charge in [0.2, 0.25) is 5.91 Å². The molecule has 0 aromatic heterocycles. The van der Waals surface area contributed by atoms with E-state index in [1.54, 1.807) is 0 Å². The van der Waals surface area contributed by atoms with Gasteiger partial charge in [-0.1, -0.05) is 32.6 Å². The molecule has 6 nitrogen and oxygen atoms in total. The van der Waals surface area contributed by atoms with Crippen LogP contribution in [0, 0.1) is 24.2 Å². The molecular formula is C23H33N4O2. The van der Waals surface area contributed by atoms with Crippen LogP contribution in [0.1, 0.15) is 26.7 Å². The van der Waals surface area contributed by atoms with Crippen molar-refractivity contribution in [2.24, 2.45) is 27.7 Å². The maximum atomic E-state index is 12.2. The number of likely N-dealkylation sites (tertiary alicyclic amines) is 1. The molecule has 1 amide bonds. The summed E-state index contributed by atoms with van der Waals surface area (Å²) in [7, 11) is 0. The van der Waals surface area contributed by atoms with Gasteiger partial charge in [0.1, 0.15) is 5.84 Å². The highest BCUT2D eigenvalue weighted by Crippen LogP contribution is 2.27. The zero-order chi connectivity index (χ0) is 20.8. The predicted molar refractivity (Wildman–Crippen MR) is 118 cm³/mol. The van der Waals surface area contributed by atoms with E-state index in [0.29, 0.717) is 0 Å². The van der Waals surface area contributed by atoms with Crippen LogP contribution >= 0.6 is 0 Å². The first kappa shape index (κ1) is 21.5. The van der Waals surface area contributed by atoms with Crippen LogP contribution in [0.4, 0.5) is 0 Å². The van der Waals surface area contributed by atoms with E-state index >= 15 is 0 Å². The number of hydrogen-bond donors (Lipinski definition) is 0. The van der Waals surface area contributed by atoms with E-state index < -0.39 is 0 Å². The van der Waals surface area contributed by atoms with Crippen molar-refractivity contribution in [2.75, 3.05) is 39.4 Å². The van der Waals surface area contributed by atoms with Crippen molar-refractivity contribution >= 4 is 18.5 Å². The highest BCUT2D eigenvalue weighted by Gasteiger charge is 2.27. The van der Waals surface area contributed by atoms with Gasteiger partial charge in [0, 0.05) is 55.3 Å². The first-order valence-electron chi connectivity index (χ1n) is 10.6. The van der Waals surface area contributed by atoms with Crippen LogP contribution < -0.4 is 0 Å². The number of piperidine rings is 1. The molecule has 0 spiro atoms. The number of morpholine rings is 1. The number of allylic oxidation sites excluding steroid dienone is 3. The highest BCUT2D eigenvalue weighted by atomic mass is 16.5. The average Bonchev–Trinajstić information content (AvgIpc) is 2.77. The largest absolute Gasteiger partial charge is 0.378 e. The normalized spacial score (nSPS) is 23.9. The minimum Gasteiger partial charge on any atom is -0.378 e. The molecule has 1 atom stereocenters. The first-order chi connectivity index (χ1) is 14.0. The second-order valence-electron chi connectivity index (χ2n) is 8.14. The summed E-state index contributed by atoms with van der Waals surface area (Å²) in [6.07, 6.45) is 10.3. The lowest BCUT2D eigenvalue weighted by atomic mass is 9.93. The molecule has 3 aliphatic rings. The molecular weight excluding hydrogens is 364 g/mol. The monoisotopic (exact) mass is 397 g/mol. The summed E-state index contributed by atoms with van der Waals surface area (Å²) in [6, 6.07) is 0. The van der Waals surface area contributed by atoms with Crippen LogP contribution in [0.3, 0.4) is 0 Å². The molecule has 29 heavy (non-hydrogen) atoms. The van der Waals surface area contributed by atoms with Crippen LogP contribution in [0.5, 0.6) is 0 Å². The second-order valence-corrected chi connectivity index (χ2v) is 8.14. The molecule has 157 valence electrons. The third-order valence-electron chi connectivity index (χ3n) is 5.80. The SMILES string of the molecule is C=NC(=NC(=C)C1[CH]C=C(N2CCOCC2)C=C1)C1CCN(C(=O)C(C)C)CC1. The third-order valence-corrected chi connectivity index (χ3v) is 5.80. The molecule has 6 heteroatoms. The molecule has 0 aromatic carbocycles. The molecule has 2 fully saturated rings. The Morgan fingerprint density at radius 2 is 1.90 bits per heavy atom. The van der Waals surface area contributed by atoms with Crippen LogP contribution in [0.25, 0.3) is 0 Å². The highest BCUT2D eigenvalue weighted by molar-refractivity contribution is 5.89. The smallest absolute Gasteiger partial charge is 0.225 e. The Kier molecular flexibility index (Phi) is 7.42. The van der Waals surface area contributed by atoms with Gasteiger partial charge in [0.05, 0.1) is 13.2 Å². The zero-order valence-electron chi connectivity index (χ0n) is 17.7. The van der Waals surface area contributed by atoms with Crippen LogP contribution in [0.15, 0.2) is 46.2 Å². The van der Waals surface area contributed by atoms with Crippen molar-refractivity contribution in [3.8, 4) is 0 Å². The zero-order valence-corrected chi connectivity index (χ0v) is 17.7. The fraction of sp³-hybridized carbons (Fsp3) is 0.565. The number of hydrogen-bond acceptors (Lipinski definition) is 4. The van der Waals surface area contributed by atoms with Gasteiger partial charge in [-0.2, -0.15) is 0 Å². The molecule has 1 aliphatic carbocycles. The van der Waals surface area contributed by atoms with E-state index in [0.717, 1.165) is 63.8 Å². The molecule has 2 heterocycles. The summed E-state index contributed by atoms with van der Waals surface area (Å²) in [5.41, 5.74) is 1.99. The molecule has 3 rings (SSSR count). The van der Waals surface area contributed by atoms with Crippen LogP contribution in [0.2, 0.25) is 0 Å². The van der Waals surface area contributed by atoms with Gasteiger partial charge in [0.15, 0.2) is 0 Å². The molecule has 0 aromatic rings. The third kappa shape index (κ3) is 5.44. The van der Waals surface area contributed by atoms with Crippen molar-refractivity contribution in [3.05, 3.63) is 42.6 Å². The first-order valence-corrected chi connectivity index (χ1v) is 10.6. The summed E-state index contributed by atoms with van der Waals surface area (Å²) in [4.78, 5) is 25.4. The Morgan fingerprint density at radius 3 is 2.45 bits per heavy atom. The van der Waals surface area contributed by atoms with Crippen molar-refractivity contribution in [2.45, 2.75) is 26.7 Å². The Bertz CT molecular complexity index is 708. The van der Waals surface area contributed by atoms with E-state index in [2.05, 4.69) is 47.8 Å². The van der Waals surface area contributed by atoms with Crippen molar-refractivity contribution in [1.82, 2.24) is 9.80 Å². The maximum Gasteiger partial charge on any atom is 0.225 e. The lowest BCUT2D eigenvalue weighted by Crippen LogP contribution is -2.41. The average molecular weight is 398 g/mol. The Morgan fingerprint density at radius 1 is 1.21 bits per heavy atom. The molecule has 0 saturated carbocycles. The summed E-state index contributed by atoms with van der Waals surface area (Å²) >= 11 is 0. The van der Waals surface area contributed by atoms with E-state index in [-0.39, 0.29) is 23.7 Å². The summed E-state index contributed by atoms with van der Waals surface area (Å²) in [5.74, 6) is 1.31. The van der Waals surface area contributed by atoms with E-state index in [4.69, 9.17) is 9.73 Å². The number of carbonyl (C=O) groups is 1. The quantitative estimate of drug-likeness (QED) is 0.529. The predicted octanol–water partition coefficient (Wildman–Crippen LogP) is 3.10. The molecule has 1 unspecified atom stereocenters. The number of carbonyl (C=O) groups excluding carboxylic acids is 1. The summed E-state index contributed by atoms with van der Waals surface area (Å²) < 4.78 is 5.42. The van der Waals surface area contributed by atoms with Crippen molar-refractivity contribution in [3.63, 3.8) is 0 Å². The molecule has 0 N–H and O–H groups in total. The van der Waals surface area contributed by atoms with Crippen LogP contribution in [-0.2, 0) is 9.53 Å². The molecule has 2 saturated heterocycles. The maximum absolute atomic E-state index is 12.2. The van der Waals surface area contributed by atoms with Gasteiger partial charge < -0.3 is 14.5 Å². The van der Waals surface area contributed by atoms with Crippen LogP contribution in [-0.4, -0.2) is 67.7 Å². The van der Waals surface area contributed by atoms with Gasteiger partial charge in [0.25, 0.3) is 0 Å². The van der Waals surface area contributed by atoms with E-state index in [9.17, 15) is 4.79 Å². The van der Waals surface area contributed by atoms with E-state index in [1.807, 2.05) is 18.7 Å². The number of rotatable bonds is 5. The lowest BCUT2D eigenvalue weighted by molar-refractivity contribution is -0.135. The standard InChI is InChI=1S/C23H33N4O2/c1-17(2)23(28)27-11-9-20(10-12-27)22(24-4)25-18(3)19-5-7-21(8-6-19)26-13-15-29-16-14-26/h5-8,17,19-20H,3-4,9-16H2,1-2H3. The number of amides is 1. The number of amidine groups is 1. The summed E-state index contributed by atoms with van der Waals surface area (Å²) in [5, 5.41) is 0. The topological polar surface area (TPSA) is 57.5 Å². The van der Waals surface area contributed by atoms with Gasteiger partial charge >= 0.3 is 0 Å². The number of ether oxygens (including phenoxy) is 1. The lowest BCUT2D eigenvalue weighted by Gasteiger charge is -2.33. The van der Waals surface area contributed by atoms with Gasteiger partial charge in [-0.25, -0.2) is 9.98 Å². The fourth-order valence-electron chi connectivity index (χ4n) is 3.98. The van der Waals surface area contributed by atoms with E-state index in [1.165, 1.54) is 5.70 Å². The molecule has 1 radical (unpaired) electrons. The number of nitrogens with zero attached hydrogens (tertiary/aromatic N) is 4. The minimum absolute atomic E-state index is 0.0426. The van der Waals surface area contributed by atoms with Gasteiger partial charge in [-0.05, 0) is 32.1 Å². The molecule has 0 bridgehead atoms. The Labute approximate surface area is 174 Å². The van der Waals surface area contributed by atoms with Crippen molar-refractivity contribution in [1.29, 1.82) is 0 Å². The fourth-order valence-corrected chi connectivity index (χ4v) is 3.98. The number of aliphatic imine (C=N–C) groups is 2. The Balaban J connectivity index is 1.55. The minimum atomic E-state index is 0.0426. The second kappa shape index (κ2) is 10.0. The van der Waals surface area contributed by atoms with Gasteiger partial charge in [-0.15, -0.1) is 0 Å². The van der Waals surface area contributed by atoms with Gasteiger partial charge in [-0.3, -0.25) is 4.79 Å². The summed E-state index contributed by atoms with van der Waals surface area (Å²) in [6.45, 7) is 16.7. The van der Waals surface area contributed by atoms with Crippen molar-refractivity contribution < 1.29 is 9.53 Å². The Hall–Kier alpha value is -2.21.